The van der Waals surface area contributed by atoms with Gasteiger partial charge < -0.3 is 10.5 Å². The van der Waals surface area contributed by atoms with Crippen LogP contribution in [0.3, 0.4) is 0 Å². The number of hydrogen-bond donors (Lipinski definition) is 1. The molecule has 5 heteroatoms. The first-order valence-corrected chi connectivity index (χ1v) is 7.70. The Morgan fingerprint density at radius 1 is 1.36 bits per heavy atom. The van der Waals surface area contributed by atoms with Gasteiger partial charge in [-0.15, -0.1) is 0 Å². The Labute approximate surface area is 131 Å². The number of hydrogen-bond acceptors (Lipinski definition) is 4. The third-order valence-corrected chi connectivity index (χ3v) is 3.61. The van der Waals surface area contributed by atoms with E-state index in [1.807, 2.05) is 12.1 Å². The average molecular weight is 301 g/mol. The Hall–Kier alpha value is -2.30. The van der Waals surface area contributed by atoms with Gasteiger partial charge in [-0.25, -0.2) is 9.48 Å². The summed E-state index contributed by atoms with van der Waals surface area (Å²) in [5.74, 6) is 0.0308. The van der Waals surface area contributed by atoms with Gasteiger partial charge in [-0.3, -0.25) is 0 Å². The van der Waals surface area contributed by atoms with E-state index in [-0.39, 0.29) is 5.69 Å². The lowest BCUT2D eigenvalue weighted by molar-refractivity contribution is 0.0518. The highest BCUT2D eigenvalue weighted by molar-refractivity contribution is 5.90. The van der Waals surface area contributed by atoms with Crippen LogP contribution in [0.5, 0.6) is 0 Å². The van der Waals surface area contributed by atoms with Crippen molar-refractivity contribution in [3.8, 4) is 5.69 Å². The molecule has 0 radical (unpaired) electrons. The number of aromatic nitrogens is 2. The van der Waals surface area contributed by atoms with Crippen LogP contribution in [-0.4, -0.2) is 22.4 Å². The van der Waals surface area contributed by atoms with Gasteiger partial charge in [-0.1, -0.05) is 25.5 Å². The van der Waals surface area contributed by atoms with Gasteiger partial charge in [0.2, 0.25) is 0 Å². The number of rotatable bonds is 6. The lowest BCUT2D eigenvalue weighted by Crippen LogP contribution is -2.08. The number of aryl methyl sites for hydroxylation is 1. The number of ether oxygens (including phenoxy) is 1. The third-order valence-electron chi connectivity index (χ3n) is 3.61. The topological polar surface area (TPSA) is 70.1 Å². The van der Waals surface area contributed by atoms with Crippen molar-refractivity contribution in [3.63, 3.8) is 0 Å². The molecule has 0 amide bonds. The molecule has 1 aromatic carbocycles. The van der Waals surface area contributed by atoms with Crippen LogP contribution in [0.25, 0.3) is 5.69 Å². The maximum Gasteiger partial charge on any atom is 0.359 e. The zero-order valence-electron chi connectivity index (χ0n) is 13.4. The molecule has 1 heterocycles. The molecular formula is C17H23N3O2. The fraction of sp³-hybridized carbons (Fsp3) is 0.412. The van der Waals surface area contributed by atoms with Crippen molar-refractivity contribution in [2.75, 3.05) is 12.3 Å². The molecule has 5 nitrogen and oxygen atoms in total. The normalized spacial score (nSPS) is 10.7. The van der Waals surface area contributed by atoms with Gasteiger partial charge in [0.1, 0.15) is 5.82 Å². The summed E-state index contributed by atoms with van der Waals surface area (Å²) in [6.07, 6.45) is 3.32. The molecule has 0 saturated heterocycles. The van der Waals surface area contributed by atoms with E-state index in [1.54, 1.807) is 18.5 Å². The minimum atomic E-state index is -0.437. The lowest BCUT2D eigenvalue weighted by Gasteiger charge is -2.07. The van der Waals surface area contributed by atoms with Crippen LogP contribution >= 0.6 is 0 Å². The summed E-state index contributed by atoms with van der Waals surface area (Å²) >= 11 is 0. The molecule has 0 fully saturated rings. The monoisotopic (exact) mass is 301 g/mol. The first-order valence-electron chi connectivity index (χ1n) is 7.70. The van der Waals surface area contributed by atoms with Crippen LogP contribution in [0.4, 0.5) is 5.82 Å². The molecule has 0 spiro atoms. The van der Waals surface area contributed by atoms with Gasteiger partial charge in [0.25, 0.3) is 0 Å². The highest BCUT2D eigenvalue weighted by Gasteiger charge is 2.20. The van der Waals surface area contributed by atoms with Crippen LogP contribution in [0.15, 0.2) is 24.3 Å². The van der Waals surface area contributed by atoms with Crippen molar-refractivity contribution in [1.82, 2.24) is 9.78 Å². The van der Waals surface area contributed by atoms with Crippen LogP contribution in [0.1, 0.15) is 48.3 Å². The largest absolute Gasteiger partial charge is 0.461 e. The smallest absolute Gasteiger partial charge is 0.359 e. The molecule has 0 aliphatic rings. The maximum absolute atomic E-state index is 11.9. The number of benzene rings is 1. The minimum Gasteiger partial charge on any atom is -0.461 e. The van der Waals surface area contributed by atoms with Crippen molar-refractivity contribution in [2.45, 2.75) is 40.0 Å². The fourth-order valence-corrected chi connectivity index (χ4v) is 2.32. The zero-order valence-corrected chi connectivity index (χ0v) is 13.4. The van der Waals surface area contributed by atoms with Crippen LogP contribution in [-0.2, 0) is 11.2 Å². The average Bonchev–Trinajstić information content (AvgIpc) is 2.82. The molecule has 22 heavy (non-hydrogen) atoms. The molecular weight excluding hydrogens is 278 g/mol. The standard InChI is InChI=1S/C17H23N3O2/c1-4-6-8-13-9-7-10-14(11-13)20-16(18)12(3)15(19-20)17(21)22-5-2/h7,9-11H,4-6,8,18H2,1-3H3. The summed E-state index contributed by atoms with van der Waals surface area (Å²) in [5, 5.41) is 4.34. The molecule has 118 valence electrons. The highest BCUT2D eigenvalue weighted by atomic mass is 16.5. The van der Waals surface area contributed by atoms with Crippen LogP contribution in [0.2, 0.25) is 0 Å². The number of carbonyl (C=O) groups is 1. The number of unbranched alkanes of at least 4 members (excludes halogenated alkanes) is 1. The maximum atomic E-state index is 11.9. The van der Waals surface area contributed by atoms with E-state index in [9.17, 15) is 4.79 Å². The predicted octanol–water partition coefficient (Wildman–Crippen LogP) is 3.28. The lowest BCUT2D eigenvalue weighted by atomic mass is 10.1. The summed E-state index contributed by atoms with van der Waals surface area (Å²) in [6, 6.07) is 8.08. The Morgan fingerprint density at radius 3 is 2.82 bits per heavy atom. The highest BCUT2D eigenvalue weighted by Crippen LogP contribution is 2.22. The molecule has 0 bridgehead atoms. The molecule has 0 aliphatic carbocycles. The quantitative estimate of drug-likeness (QED) is 0.831. The van der Waals surface area contributed by atoms with Crippen LogP contribution < -0.4 is 5.73 Å². The summed E-state index contributed by atoms with van der Waals surface area (Å²) in [6.45, 7) is 6.04. The Kier molecular flexibility index (Phi) is 5.20. The Morgan fingerprint density at radius 2 is 2.14 bits per heavy atom. The second kappa shape index (κ2) is 7.11. The van der Waals surface area contributed by atoms with E-state index in [0.29, 0.717) is 18.0 Å². The van der Waals surface area contributed by atoms with Crippen molar-refractivity contribution < 1.29 is 9.53 Å². The summed E-state index contributed by atoms with van der Waals surface area (Å²) in [7, 11) is 0. The summed E-state index contributed by atoms with van der Waals surface area (Å²) in [5.41, 5.74) is 9.14. The Balaban J connectivity index is 2.36. The number of nitrogen functional groups attached to an aromatic ring is 1. The van der Waals surface area contributed by atoms with Gasteiger partial charge in [-0.2, -0.15) is 5.10 Å². The molecule has 2 rings (SSSR count). The number of carbonyl (C=O) groups excluding carboxylic acids is 1. The predicted molar refractivity (Wildman–Crippen MR) is 87.3 cm³/mol. The van der Waals surface area contributed by atoms with Crippen molar-refractivity contribution in [2.24, 2.45) is 0 Å². The van der Waals surface area contributed by atoms with E-state index in [2.05, 4.69) is 24.2 Å². The fourth-order valence-electron chi connectivity index (χ4n) is 2.32. The van der Waals surface area contributed by atoms with Gasteiger partial charge >= 0.3 is 5.97 Å². The van der Waals surface area contributed by atoms with E-state index in [1.165, 1.54) is 5.56 Å². The van der Waals surface area contributed by atoms with Gasteiger partial charge in [-0.05, 0) is 44.4 Å². The molecule has 2 N–H and O–H groups in total. The number of nitrogens with two attached hydrogens (primary N) is 1. The molecule has 0 saturated carbocycles. The summed E-state index contributed by atoms with van der Waals surface area (Å²) < 4.78 is 6.63. The van der Waals surface area contributed by atoms with Gasteiger partial charge in [0.15, 0.2) is 5.69 Å². The number of anilines is 1. The SMILES string of the molecule is CCCCc1cccc(-n2nc(C(=O)OCC)c(C)c2N)c1. The first kappa shape index (κ1) is 16.1. The van der Waals surface area contributed by atoms with E-state index in [4.69, 9.17) is 10.5 Å². The molecule has 0 atom stereocenters. The minimum absolute atomic E-state index is 0.276. The molecule has 0 aliphatic heterocycles. The van der Waals surface area contributed by atoms with Gasteiger partial charge in [0.05, 0.1) is 12.3 Å². The zero-order chi connectivity index (χ0) is 16.1. The number of esters is 1. The summed E-state index contributed by atoms with van der Waals surface area (Å²) in [4.78, 5) is 11.9. The third kappa shape index (κ3) is 3.30. The Bertz CT molecular complexity index is 662. The number of nitrogens with zero attached hydrogens (tertiary/aromatic N) is 2. The van der Waals surface area contributed by atoms with Crippen molar-refractivity contribution in [3.05, 3.63) is 41.1 Å². The molecule has 1 aromatic heterocycles. The molecule has 0 unspecified atom stereocenters. The van der Waals surface area contributed by atoms with Crippen LogP contribution in [0, 0.1) is 6.92 Å². The van der Waals surface area contributed by atoms with E-state index < -0.39 is 5.97 Å². The van der Waals surface area contributed by atoms with E-state index >= 15 is 0 Å². The first-order chi connectivity index (χ1) is 10.6. The van der Waals surface area contributed by atoms with Gasteiger partial charge in [0, 0.05) is 5.56 Å². The second-order valence-corrected chi connectivity index (χ2v) is 5.26. The molecule has 2 aromatic rings. The van der Waals surface area contributed by atoms with Crippen molar-refractivity contribution >= 4 is 11.8 Å². The van der Waals surface area contributed by atoms with Crippen molar-refractivity contribution in [1.29, 1.82) is 0 Å². The van der Waals surface area contributed by atoms with E-state index in [0.717, 1.165) is 24.9 Å². The second-order valence-electron chi connectivity index (χ2n) is 5.26.